The molecule has 2 saturated heterocycles. The monoisotopic (exact) mass is 283 g/mol. The van der Waals surface area contributed by atoms with Crippen LogP contribution < -0.4 is 5.73 Å². The van der Waals surface area contributed by atoms with Gasteiger partial charge in [0.2, 0.25) is 0 Å². The fourth-order valence-corrected chi connectivity index (χ4v) is 4.22. The van der Waals surface area contributed by atoms with Crippen molar-refractivity contribution in [2.75, 3.05) is 26.4 Å². The molecule has 3 rings (SSSR count). The fraction of sp³-hybridized carbons (Fsp3) is 1.00. The number of ether oxygens (including phenoxy) is 3. The number of hydrogen-bond acceptors (Lipinski definition) is 4. The molecule has 0 bridgehead atoms. The first-order valence-corrected chi connectivity index (χ1v) is 8.25. The lowest BCUT2D eigenvalue weighted by Gasteiger charge is -2.45. The van der Waals surface area contributed by atoms with Crippen LogP contribution in [0.25, 0.3) is 0 Å². The van der Waals surface area contributed by atoms with Crippen LogP contribution in [-0.4, -0.2) is 43.7 Å². The topological polar surface area (TPSA) is 53.7 Å². The van der Waals surface area contributed by atoms with Crippen LogP contribution in [0.15, 0.2) is 0 Å². The van der Waals surface area contributed by atoms with Crippen molar-refractivity contribution in [1.29, 1.82) is 0 Å². The van der Waals surface area contributed by atoms with Gasteiger partial charge >= 0.3 is 0 Å². The van der Waals surface area contributed by atoms with Crippen LogP contribution in [0.1, 0.15) is 51.9 Å². The van der Waals surface area contributed by atoms with Gasteiger partial charge in [-0.3, -0.25) is 0 Å². The molecule has 0 aromatic rings. The van der Waals surface area contributed by atoms with Gasteiger partial charge in [-0.2, -0.15) is 0 Å². The lowest BCUT2D eigenvalue weighted by Crippen LogP contribution is -2.50. The zero-order valence-electron chi connectivity index (χ0n) is 12.7. The van der Waals surface area contributed by atoms with Gasteiger partial charge in [-0.1, -0.05) is 6.92 Å². The van der Waals surface area contributed by atoms with E-state index in [0.717, 1.165) is 64.3 Å². The molecule has 116 valence electrons. The van der Waals surface area contributed by atoms with Gasteiger partial charge in [-0.15, -0.1) is 0 Å². The first-order valence-electron chi connectivity index (χ1n) is 8.25. The summed E-state index contributed by atoms with van der Waals surface area (Å²) < 4.78 is 18.1. The van der Waals surface area contributed by atoms with Gasteiger partial charge in [-0.05, 0) is 44.4 Å². The first kappa shape index (κ1) is 14.8. The number of nitrogens with two attached hydrogens (primary N) is 1. The van der Waals surface area contributed by atoms with Gasteiger partial charge in [0.05, 0.1) is 17.3 Å². The molecule has 3 atom stereocenters. The molecule has 2 aliphatic heterocycles. The van der Waals surface area contributed by atoms with E-state index in [-0.39, 0.29) is 11.2 Å². The van der Waals surface area contributed by atoms with Crippen molar-refractivity contribution in [2.45, 2.75) is 69.2 Å². The molecule has 2 heterocycles. The van der Waals surface area contributed by atoms with Crippen molar-refractivity contribution in [1.82, 2.24) is 0 Å². The highest BCUT2D eigenvalue weighted by Crippen LogP contribution is 2.41. The predicted octanol–water partition coefficient (Wildman–Crippen LogP) is 2.25. The summed E-state index contributed by atoms with van der Waals surface area (Å²) in [6.07, 6.45) is 7.87. The van der Waals surface area contributed by atoms with Crippen molar-refractivity contribution in [3.8, 4) is 0 Å². The fourth-order valence-electron chi connectivity index (χ4n) is 4.22. The summed E-state index contributed by atoms with van der Waals surface area (Å²) in [5.41, 5.74) is 6.00. The highest BCUT2D eigenvalue weighted by Gasteiger charge is 2.44. The van der Waals surface area contributed by atoms with Crippen LogP contribution in [0.5, 0.6) is 0 Å². The SMILES string of the molecule is CC1CCC(CN)(OC2CCOC3(CCOCC3)C2)C1. The Balaban J connectivity index is 1.62. The van der Waals surface area contributed by atoms with Gasteiger partial charge in [0, 0.05) is 32.8 Å². The average Bonchev–Trinajstić information content (AvgIpc) is 2.82. The summed E-state index contributed by atoms with van der Waals surface area (Å²) in [7, 11) is 0. The summed E-state index contributed by atoms with van der Waals surface area (Å²) >= 11 is 0. The normalized spacial score (nSPS) is 41.1. The largest absolute Gasteiger partial charge is 0.381 e. The zero-order chi connectivity index (χ0) is 14.1. The Bertz CT molecular complexity index is 324. The molecule has 1 aliphatic carbocycles. The molecule has 4 heteroatoms. The van der Waals surface area contributed by atoms with E-state index in [2.05, 4.69) is 6.92 Å². The van der Waals surface area contributed by atoms with Gasteiger partial charge in [0.1, 0.15) is 0 Å². The van der Waals surface area contributed by atoms with Crippen LogP contribution in [0.4, 0.5) is 0 Å². The zero-order valence-corrected chi connectivity index (χ0v) is 12.7. The van der Waals surface area contributed by atoms with E-state index in [4.69, 9.17) is 19.9 Å². The Morgan fingerprint density at radius 1 is 1.10 bits per heavy atom. The minimum Gasteiger partial charge on any atom is -0.381 e. The third-order valence-electron chi connectivity index (χ3n) is 5.45. The molecule has 3 unspecified atom stereocenters. The van der Waals surface area contributed by atoms with Gasteiger partial charge in [0.15, 0.2) is 0 Å². The van der Waals surface area contributed by atoms with E-state index in [1.807, 2.05) is 0 Å². The smallest absolute Gasteiger partial charge is 0.0810 e. The highest BCUT2D eigenvalue weighted by atomic mass is 16.5. The molecule has 4 nitrogen and oxygen atoms in total. The molecule has 0 radical (unpaired) electrons. The summed E-state index contributed by atoms with van der Waals surface area (Å²) in [4.78, 5) is 0. The number of hydrogen-bond donors (Lipinski definition) is 1. The van der Waals surface area contributed by atoms with E-state index < -0.39 is 0 Å². The molecule has 3 fully saturated rings. The summed E-state index contributed by atoms with van der Waals surface area (Å²) in [5, 5.41) is 0. The second-order valence-electron chi connectivity index (χ2n) is 7.11. The minimum absolute atomic E-state index is 0.0151. The number of rotatable bonds is 3. The Labute approximate surface area is 122 Å². The average molecular weight is 283 g/mol. The molecule has 0 aromatic heterocycles. The van der Waals surface area contributed by atoms with E-state index >= 15 is 0 Å². The Hall–Kier alpha value is -0.160. The summed E-state index contributed by atoms with van der Waals surface area (Å²) in [6.45, 7) is 5.44. The summed E-state index contributed by atoms with van der Waals surface area (Å²) in [5.74, 6) is 0.746. The second-order valence-corrected chi connectivity index (χ2v) is 7.11. The highest BCUT2D eigenvalue weighted by molar-refractivity contribution is 4.95. The molecule has 0 aromatic carbocycles. The van der Waals surface area contributed by atoms with Crippen LogP contribution in [0.2, 0.25) is 0 Å². The van der Waals surface area contributed by atoms with Crippen molar-refractivity contribution in [3.05, 3.63) is 0 Å². The quantitative estimate of drug-likeness (QED) is 0.863. The third-order valence-corrected chi connectivity index (χ3v) is 5.45. The molecular weight excluding hydrogens is 254 g/mol. The maximum absolute atomic E-state index is 6.54. The van der Waals surface area contributed by atoms with E-state index in [0.29, 0.717) is 12.6 Å². The molecule has 1 spiro atoms. The standard InChI is InChI=1S/C16H29NO3/c1-13-2-4-16(10-13,12-17)20-14-3-7-19-15(11-14)5-8-18-9-6-15/h13-14H,2-12,17H2,1H3. The Morgan fingerprint density at radius 2 is 1.90 bits per heavy atom. The Kier molecular flexibility index (Phi) is 4.37. The predicted molar refractivity (Wildman–Crippen MR) is 77.6 cm³/mol. The van der Waals surface area contributed by atoms with Crippen molar-refractivity contribution < 1.29 is 14.2 Å². The van der Waals surface area contributed by atoms with Crippen molar-refractivity contribution in [3.63, 3.8) is 0 Å². The van der Waals surface area contributed by atoms with Gasteiger partial charge < -0.3 is 19.9 Å². The van der Waals surface area contributed by atoms with E-state index in [1.54, 1.807) is 0 Å². The lowest BCUT2D eigenvalue weighted by molar-refractivity contribution is -0.194. The maximum atomic E-state index is 6.54. The van der Waals surface area contributed by atoms with Gasteiger partial charge in [-0.25, -0.2) is 0 Å². The molecular formula is C16H29NO3. The Morgan fingerprint density at radius 3 is 2.55 bits per heavy atom. The van der Waals surface area contributed by atoms with Crippen molar-refractivity contribution in [2.24, 2.45) is 11.7 Å². The molecule has 0 amide bonds. The van der Waals surface area contributed by atoms with Crippen molar-refractivity contribution >= 4 is 0 Å². The van der Waals surface area contributed by atoms with E-state index in [9.17, 15) is 0 Å². The lowest BCUT2D eigenvalue weighted by atomic mass is 9.84. The second kappa shape index (κ2) is 5.91. The summed E-state index contributed by atoms with van der Waals surface area (Å²) in [6, 6.07) is 0. The van der Waals surface area contributed by atoms with Crippen LogP contribution in [-0.2, 0) is 14.2 Å². The van der Waals surface area contributed by atoms with E-state index in [1.165, 1.54) is 6.42 Å². The van der Waals surface area contributed by atoms with Crippen LogP contribution in [0, 0.1) is 5.92 Å². The van der Waals surface area contributed by atoms with Gasteiger partial charge in [0.25, 0.3) is 0 Å². The molecule has 1 saturated carbocycles. The third kappa shape index (κ3) is 3.03. The van der Waals surface area contributed by atoms with Crippen LogP contribution in [0.3, 0.4) is 0 Å². The molecule has 3 aliphatic rings. The first-order chi connectivity index (χ1) is 9.65. The molecule has 20 heavy (non-hydrogen) atoms. The van der Waals surface area contributed by atoms with Crippen LogP contribution >= 0.6 is 0 Å². The maximum Gasteiger partial charge on any atom is 0.0810 e. The molecule has 2 N–H and O–H groups in total. The minimum atomic E-state index is -0.0617.